The molecule has 0 aliphatic rings. The van der Waals surface area contributed by atoms with E-state index in [-0.39, 0.29) is 19.1 Å². The molecule has 3 N–H and O–H groups in total. The molecule has 0 bridgehead atoms. The van der Waals surface area contributed by atoms with Crippen molar-refractivity contribution < 1.29 is 15.0 Å². The third-order valence-corrected chi connectivity index (χ3v) is 1.83. The summed E-state index contributed by atoms with van der Waals surface area (Å²) >= 11 is 0. The molecular formula is C11H14N2O3. The van der Waals surface area contributed by atoms with Crippen LogP contribution in [0.1, 0.15) is 5.56 Å². The standard InChI is InChI=1S/C11H14N2O3/c14-8-10(15)7-13-11(16)4-3-9-2-1-5-12-6-9/h1-6,10,14-15H,7-8H2,(H,13,16). The van der Waals surface area contributed by atoms with E-state index in [1.54, 1.807) is 24.5 Å². The first kappa shape index (κ1) is 12.4. The number of rotatable bonds is 5. The number of pyridine rings is 1. The van der Waals surface area contributed by atoms with Gasteiger partial charge in [0.25, 0.3) is 0 Å². The van der Waals surface area contributed by atoms with Crippen LogP contribution in [0.5, 0.6) is 0 Å². The number of hydrogen-bond acceptors (Lipinski definition) is 4. The van der Waals surface area contributed by atoms with Crippen molar-refractivity contribution in [3.05, 3.63) is 36.2 Å². The van der Waals surface area contributed by atoms with Crippen molar-refractivity contribution in [3.8, 4) is 0 Å². The highest BCUT2D eigenvalue weighted by molar-refractivity contribution is 5.91. The molecule has 0 aliphatic heterocycles. The van der Waals surface area contributed by atoms with E-state index >= 15 is 0 Å². The quantitative estimate of drug-likeness (QED) is 0.590. The Balaban J connectivity index is 2.37. The highest BCUT2D eigenvalue weighted by Crippen LogP contribution is 1.97. The molecule has 0 aliphatic carbocycles. The Labute approximate surface area is 93.5 Å². The van der Waals surface area contributed by atoms with Crippen LogP contribution in [0, 0.1) is 0 Å². The fraction of sp³-hybridized carbons (Fsp3) is 0.273. The zero-order valence-electron chi connectivity index (χ0n) is 8.71. The van der Waals surface area contributed by atoms with Gasteiger partial charge < -0.3 is 15.5 Å². The van der Waals surface area contributed by atoms with Crippen molar-refractivity contribution in [2.75, 3.05) is 13.2 Å². The van der Waals surface area contributed by atoms with Crippen LogP contribution >= 0.6 is 0 Å². The van der Waals surface area contributed by atoms with Crippen LogP contribution < -0.4 is 5.32 Å². The fourth-order valence-corrected chi connectivity index (χ4v) is 0.988. The fourth-order valence-electron chi connectivity index (χ4n) is 0.988. The van der Waals surface area contributed by atoms with E-state index in [0.29, 0.717) is 0 Å². The number of nitrogens with zero attached hydrogens (tertiary/aromatic N) is 1. The van der Waals surface area contributed by atoms with Crippen molar-refractivity contribution in [2.45, 2.75) is 6.10 Å². The number of aliphatic hydroxyl groups is 2. The topological polar surface area (TPSA) is 82.5 Å². The summed E-state index contributed by atoms with van der Waals surface area (Å²) in [4.78, 5) is 15.1. The van der Waals surface area contributed by atoms with Crippen molar-refractivity contribution in [3.63, 3.8) is 0 Å². The van der Waals surface area contributed by atoms with Crippen LogP contribution in [0.3, 0.4) is 0 Å². The molecule has 1 aromatic heterocycles. The molecule has 1 rings (SSSR count). The zero-order chi connectivity index (χ0) is 11.8. The minimum Gasteiger partial charge on any atom is -0.394 e. The molecule has 0 aromatic carbocycles. The lowest BCUT2D eigenvalue weighted by atomic mass is 10.2. The summed E-state index contributed by atoms with van der Waals surface area (Å²) < 4.78 is 0. The average Bonchev–Trinajstić information content (AvgIpc) is 2.34. The lowest BCUT2D eigenvalue weighted by molar-refractivity contribution is -0.117. The Kier molecular flexibility index (Phi) is 5.18. The van der Waals surface area contributed by atoms with Gasteiger partial charge in [0.05, 0.1) is 12.7 Å². The highest BCUT2D eigenvalue weighted by atomic mass is 16.3. The molecule has 86 valence electrons. The molecule has 1 unspecified atom stereocenters. The molecular weight excluding hydrogens is 208 g/mol. The lowest BCUT2D eigenvalue weighted by Crippen LogP contribution is -2.32. The van der Waals surface area contributed by atoms with E-state index in [1.165, 1.54) is 6.08 Å². The van der Waals surface area contributed by atoms with Crippen molar-refractivity contribution in [1.82, 2.24) is 10.3 Å². The number of aromatic nitrogens is 1. The number of aliphatic hydroxyl groups excluding tert-OH is 2. The molecule has 1 atom stereocenters. The van der Waals surface area contributed by atoms with Gasteiger partial charge in [0.1, 0.15) is 0 Å². The molecule has 0 fully saturated rings. The van der Waals surface area contributed by atoms with Gasteiger partial charge in [0.15, 0.2) is 0 Å². The number of nitrogens with one attached hydrogen (secondary N) is 1. The van der Waals surface area contributed by atoms with Gasteiger partial charge in [-0.05, 0) is 17.7 Å². The van der Waals surface area contributed by atoms with Gasteiger partial charge in [0.2, 0.25) is 5.91 Å². The third-order valence-electron chi connectivity index (χ3n) is 1.83. The van der Waals surface area contributed by atoms with Gasteiger partial charge in [-0.15, -0.1) is 0 Å². The molecule has 5 nitrogen and oxygen atoms in total. The van der Waals surface area contributed by atoms with Crippen LogP contribution in [0.15, 0.2) is 30.6 Å². The van der Waals surface area contributed by atoms with Gasteiger partial charge in [-0.1, -0.05) is 6.07 Å². The second-order valence-electron chi connectivity index (χ2n) is 3.20. The van der Waals surface area contributed by atoms with Gasteiger partial charge in [-0.25, -0.2) is 0 Å². The first-order chi connectivity index (χ1) is 7.72. The Hall–Kier alpha value is -1.72. The summed E-state index contributed by atoms with van der Waals surface area (Å²) in [6, 6.07) is 3.59. The van der Waals surface area contributed by atoms with Crippen LogP contribution in [0.25, 0.3) is 6.08 Å². The first-order valence-electron chi connectivity index (χ1n) is 4.87. The number of hydrogen-bond donors (Lipinski definition) is 3. The maximum Gasteiger partial charge on any atom is 0.244 e. The van der Waals surface area contributed by atoms with E-state index in [4.69, 9.17) is 10.2 Å². The number of carbonyl (C=O) groups is 1. The van der Waals surface area contributed by atoms with Gasteiger partial charge in [0, 0.05) is 25.0 Å². The Morgan fingerprint density at radius 3 is 3.06 bits per heavy atom. The van der Waals surface area contributed by atoms with Gasteiger partial charge in [-0.3, -0.25) is 9.78 Å². The number of carbonyl (C=O) groups excluding carboxylic acids is 1. The molecule has 0 saturated heterocycles. The van der Waals surface area contributed by atoms with E-state index in [1.807, 2.05) is 6.07 Å². The van der Waals surface area contributed by atoms with Crippen molar-refractivity contribution in [2.24, 2.45) is 0 Å². The summed E-state index contributed by atoms with van der Waals surface area (Å²) in [5.41, 5.74) is 0.820. The predicted molar refractivity (Wildman–Crippen MR) is 59.4 cm³/mol. The summed E-state index contributed by atoms with van der Waals surface area (Å²) in [6.07, 6.45) is 5.33. The minimum absolute atomic E-state index is 0.0344. The maximum atomic E-state index is 11.2. The molecule has 0 saturated carbocycles. The highest BCUT2D eigenvalue weighted by Gasteiger charge is 2.02. The summed E-state index contributed by atoms with van der Waals surface area (Å²) in [5, 5.41) is 20.0. The smallest absolute Gasteiger partial charge is 0.244 e. The Bertz CT molecular complexity index is 352. The molecule has 16 heavy (non-hydrogen) atoms. The van der Waals surface area contributed by atoms with Crippen LogP contribution in [-0.2, 0) is 4.79 Å². The van der Waals surface area contributed by atoms with Gasteiger partial charge >= 0.3 is 0 Å². The zero-order valence-corrected chi connectivity index (χ0v) is 8.71. The summed E-state index contributed by atoms with van der Waals surface area (Å²) in [6.45, 7) is -0.334. The largest absolute Gasteiger partial charge is 0.394 e. The Morgan fingerprint density at radius 2 is 2.44 bits per heavy atom. The number of amides is 1. The Morgan fingerprint density at radius 1 is 1.62 bits per heavy atom. The maximum absolute atomic E-state index is 11.2. The normalized spacial score (nSPS) is 12.6. The first-order valence-corrected chi connectivity index (χ1v) is 4.87. The average molecular weight is 222 g/mol. The summed E-state index contributed by atoms with van der Waals surface area (Å²) in [5.74, 6) is -0.323. The van der Waals surface area contributed by atoms with E-state index in [0.717, 1.165) is 5.56 Å². The van der Waals surface area contributed by atoms with E-state index in [2.05, 4.69) is 10.3 Å². The van der Waals surface area contributed by atoms with Crippen LogP contribution in [-0.4, -0.2) is 40.4 Å². The summed E-state index contributed by atoms with van der Waals surface area (Å²) in [7, 11) is 0. The van der Waals surface area contributed by atoms with Gasteiger partial charge in [-0.2, -0.15) is 0 Å². The molecule has 1 aromatic rings. The lowest BCUT2D eigenvalue weighted by Gasteiger charge is -2.06. The van der Waals surface area contributed by atoms with Crippen molar-refractivity contribution >= 4 is 12.0 Å². The third kappa shape index (κ3) is 4.68. The van der Waals surface area contributed by atoms with Crippen molar-refractivity contribution in [1.29, 1.82) is 0 Å². The van der Waals surface area contributed by atoms with Crippen LogP contribution in [0.4, 0.5) is 0 Å². The van der Waals surface area contributed by atoms with E-state index < -0.39 is 6.10 Å². The molecule has 5 heteroatoms. The molecule has 1 heterocycles. The molecule has 0 spiro atoms. The monoisotopic (exact) mass is 222 g/mol. The molecule has 0 radical (unpaired) electrons. The predicted octanol–water partition coefficient (Wildman–Crippen LogP) is -0.436. The SMILES string of the molecule is O=C(C=Cc1cccnc1)NCC(O)CO. The van der Waals surface area contributed by atoms with Crippen LogP contribution in [0.2, 0.25) is 0 Å². The molecule has 1 amide bonds. The second-order valence-corrected chi connectivity index (χ2v) is 3.20. The van der Waals surface area contributed by atoms with E-state index in [9.17, 15) is 4.79 Å². The second kappa shape index (κ2) is 6.71. The minimum atomic E-state index is -0.921.